The molecule has 58 heavy (non-hydrogen) atoms. The van der Waals surface area contributed by atoms with Gasteiger partial charge in [-0.3, -0.25) is 14.4 Å². The summed E-state index contributed by atoms with van der Waals surface area (Å²) in [6, 6.07) is 0. The van der Waals surface area contributed by atoms with Crippen molar-refractivity contribution >= 4 is 17.3 Å². The molecular weight excluding hydrogens is 995 g/mol. The Balaban J connectivity index is -0.000000374. The molecule has 0 amide bonds. The van der Waals surface area contributed by atoms with Gasteiger partial charge in [-0.25, -0.2) is 0 Å². The second-order valence-electron chi connectivity index (χ2n) is 14.4. The average molecular weight is 1030 g/mol. The maximum absolute atomic E-state index is 12.9. The minimum absolute atomic E-state index is 0. The van der Waals surface area contributed by atoms with Gasteiger partial charge in [0.2, 0.25) is 0 Å². The second kappa shape index (κ2) is 19.1. The quantitative estimate of drug-likeness (QED) is 0.121. The van der Waals surface area contributed by atoms with Crippen molar-refractivity contribution in [3.05, 3.63) is 35.5 Å². The maximum Gasteiger partial charge on any atom is 0.460 e. The predicted molar refractivity (Wildman–Crippen MR) is 153 cm³/mol. The van der Waals surface area contributed by atoms with E-state index in [0.717, 1.165) is 0 Å². The number of carbonyl (C=O) groups is 3. The molecule has 0 spiro atoms. The molecule has 0 bridgehead atoms. The van der Waals surface area contributed by atoms with Crippen LogP contribution in [0.2, 0.25) is 0 Å². The molecule has 0 radical (unpaired) electrons. The Morgan fingerprint density at radius 1 is 0.328 bits per heavy atom. The van der Waals surface area contributed by atoms with Gasteiger partial charge >= 0.3 is 54.1 Å². The van der Waals surface area contributed by atoms with Crippen LogP contribution in [-0.2, 0) is 14.4 Å². The van der Waals surface area contributed by atoms with E-state index in [9.17, 15) is 107 Å². The monoisotopic (exact) mass is 1030 g/mol. The molecule has 0 unspecified atom stereocenters. The van der Waals surface area contributed by atoms with E-state index in [2.05, 4.69) is 0 Å². The smallest absolute Gasteiger partial charge is 0.460 e. The summed E-state index contributed by atoms with van der Waals surface area (Å²) in [6.07, 6.45) is -20.7. The van der Waals surface area contributed by atoms with Crippen molar-refractivity contribution in [1.82, 2.24) is 0 Å². The van der Waals surface area contributed by atoms with Gasteiger partial charge in [-0.05, 0) is 0 Å². The molecule has 0 heterocycles. The Kier molecular flexibility index (Phi) is 20.4. The van der Waals surface area contributed by atoms with Gasteiger partial charge in [-0.2, -0.15) is 92.2 Å². The van der Waals surface area contributed by atoms with Crippen molar-refractivity contribution in [2.75, 3.05) is 0 Å². The molecule has 0 aliphatic heterocycles. The maximum atomic E-state index is 12.9. The molecule has 0 aliphatic rings. The van der Waals surface area contributed by atoms with Crippen LogP contribution >= 0.6 is 0 Å². The Morgan fingerprint density at radius 2 is 0.448 bits per heavy atom. The first-order chi connectivity index (χ1) is 24.1. The van der Waals surface area contributed by atoms with E-state index in [4.69, 9.17) is 15.3 Å². The number of carbonyl (C=O) groups excluding carboxylic acids is 3. The molecule has 0 saturated heterocycles. The van der Waals surface area contributed by atoms with E-state index in [1.807, 2.05) is 0 Å². The number of halogens is 21. The van der Waals surface area contributed by atoms with Crippen molar-refractivity contribution in [2.24, 2.45) is 16.2 Å². The van der Waals surface area contributed by atoms with E-state index in [1.54, 1.807) is 0 Å². The van der Waals surface area contributed by atoms with Crippen LogP contribution in [0.4, 0.5) is 92.2 Å². The Bertz CT molecular complexity index is 1350. The summed E-state index contributed by atoms with van der Waals surface area (Å²) in [6.45, 7) is 10.9. The van der Waals surface area contributed by atoms with E-state index in [1.165, 1.54) is 62.3 Å². The zero-order valence-corrected chi connectivity index (χ0v) is 33.9. The number of hydrogen-bond donors (Lipinski definition) is 3. The van der Waals surface area contributed by atoms with Crippen molar-refractivity contribution < 1.29 is 164 Å². The fourth-order valence-corrected chi connectivity index (χ4v) is 2.31. The van der Waals surface area contributed by atoms with E-state index < -0.39 is 105 Å². The third-order valence-electron chi connectivity index (χ3n) is 6.24. The number of hydrogen-bond acceptors (Lipinski definition) is 6. The largest absolute Gasteiger partial charge is 0.506 e. The SMILES string of the molecule is CC(C)(C)C(=O)/C=C(/O)C(F)(F)C(F)(F)C(F)(F)F.CC(C)(C)C(=O)/C=C(/O)C(F)(F)C(F)(F)C(F)(F)F.CC(C)(C)C(=O)/C=C(/O)C(F)(F)C(F)(F)C(F)(F)F.[Ce]. The molecule has 340 valence electrons. The summed E-state index contributed by atoms with van der Waals surface area (Å²) < 4.78 is 259. The second-order valence-corrected chi connectivity index (χ2v) is 14.4. The van der Waals surface area contributed by atoms with Crippen molar-refractivity contribution in [1.29, 1.82) is 0 Å². The molecule has 28 heteroatoms. The number of rotatable bonds is 9. The van der Waals surface area contributed by atoms with Crippen LogP contribution in [-0.4, -0.2) is 86.7 Å². The van der Waals surface area contributed by atoms with Gasteiger partial charge in [0.15, 0.2) is 34.6 Å². The number of aliphatic hydroxyl groups is 3. The molecule has 0 fully saturated rings. The number of aliphatic hydroxyl groups excluding tert-OH is 3. The summed E-state index contributed by atoms with van der Waals surface area (Å²) in [4.78, 5) is 33.6. The molecule has 6 nitrogen and oxygen atoms in total. The topological polar surface area (TPSA) is 112 Å². The van der Waals surface area contributed by atoms with E-state index in [0.29, 0.717) is 0 Å². The van der Waals surface area contributed by atoms with Gasteiger partial charge < -0.3 is 15.3 Å². The van der Waals surface area contributed by atoms with Crippen molar-refractivity contribution in [3.63, 3.8) is 0 Å². The molecule has 0 atom stereocenters. The van der Waals surface area contributed by atoms with Crippen molar-refractivity contribution in [3.8, 4) is 0 Å². The zero-order valence-electron chi connectivity index (χ0n) is 30.7. The average Bonchev–Trinajstić information content (AvgIpc) is 2.93. The molecule has 0 aromatic rings. The number of allylic oxidation sites excluding steroid dienone is 6. The van der Waals surface area contributed by atoms with Crippen LogP contribution in [0.1, 0.15) is 62.3 Å². The van der Waals surface area contributed by atoms with Gasteiger partial charge in [0, 0.05) is 76.2 Å². The first-order valence-electron chi connectivity index (χ1n) is 14.5. The Labute approximate surface area is 347 Å². The Morgan fingerprint density at radius 3 is 0.534 bits per heavy atom. The Hall–Kier alpha value is -2.46. The van der Waals surface area contributed by atoms with Gasteiger partial charge in [0.1, 0.15) is 0 Å². The predicted octanol–water partition coefficient (Wildman–Crippen LogP) is 11.6. The summed E-state index contributed by atoms with van der Waals surface area (Å²) in [5, 5.41) is 26.2. The number of ketones is 3. The summed E-state index contributed by atoms with van der Waals surface area (Å²) in [7, 11) is 0. The van der Waals surface area contributed by atoms with Gasteiger partial charge in [-0.15, -0.1) is 0 Å². The normalized spacial score (nSPS) is 15.3. The van der Waals surface area contributed by atoms with Crippen LogP contribution in [0.3, 0.4) is 0 Å². The van der Waals surface area contributed by atoms with E-state index >= 15 is 0 Å². The fourth-order valence-electron chi connectivity index (χ4n) is 2.31. The van der Waals surface area contributed by atoms with Crippen molar-refractivity contribution in [2.45, 2.75) is 116 Å². The third-order valence-corrected chi connectivity index (χ3v) is 6.24. The molecule has 0 saturated carbocycles. The molecule has 0 aromatic heterocycles. The minimum Gasteiger partial charge on any atom is -0.506 e. The van der Waals surface area contributed by atoms with Gasteiger partial charge in [0.05, 0.1) is 0 Å². The van der Waals surface area contributed by atoms with Crippen LogP contribution in [0.5, 0.6) is 0 Å². The van der Waals surface area contributed by atoms with Crippen LogP contribution in [0.15, 0.2) is 35.5 Å². The van der Waals surface area contributed by atoms with Gasteiger partial charge in [0.25, 0.3) is 0 Å². The van der Waals surface area contributed by atoms with Crippen LogP contribution < -0.4 is 0 Å². The van der Waals surface area contributed by atoms with Crippen LogP contribution in [0.25, 0.3) is 0 Å². The third kappa shape index (κ3) is 14.9. The summed E-state index contributed by atoms with van der Waals surface area (Å²) in [5.41, 5.74) is -3.97. The van der Waals surface area contributed by atoms with Crippen LogP contribution in [0, 0.1) is 58.0 Å². The van der Waals surface area contributed by atoms with Gasteiger partial charge in [-0.1, -0.05) is 62.3 Å². The first kappa shape index (κ1) is 62.2. The van der Waals surface area contributed by atoms with E-state index in [-0.39, 0.29) is 60.0 Å². The summed E-state index contributed by atoms with van der Waals surface area (Å²) in [5.74, 6) is -48.8. The molecule has 0 aliphatic carbocycles. The minimum atomic E-state index is -6.57. The molecular formula is C30H33CeF21O6. The molecule has 3 N–H and O–H groups in total. The molecule has 0 rings (SSSR count). The first-order valence-corrected chi connectivity index (χ1v) is 14.5. The zero-order chi connectivity index (χ0) is 47.6. The summed E-state index contributed by atoms with van der Waals surface area (Å²) >= 11 is 0. The molecule has 0 aromatic carbocycles. The standard InChI is InChI=1S/3C10H11F7O2.Ce/c3*1-7(2,3)5(18)4-6(19)8(11,12)9(13,14)10(15,16)17;/h3*4,19H,1-3H3;/b3*6-4+;. The number of alkyl halides is 21. The fraction of sp³-hybridized carbons (Fsp3) is 0.700.